The molecule has 1 amide bonds. The first-order valence-corrected chi connectivity index (χ1v) is 12.4. The van der Waals surface area contributed by atoms with E-state index < -0.39 is 23.2 Å². The Labute approximate surface area is 213 Å². The summed E-state index contributed by atoms with van der Waals surface area (Å²) < 4.78 is 36.9. The quantitative estimate of drug-likeness (QED) is 0.237. The van der Waals surface area contributed by atoms with Crippen LogP contribution in [-0.2, 0) is 6.54 Å². The van der Waals surface area contributed by atoms with Gasteiger partial charge >= 0.3 is 0 Å². The van der Waals surface area contributed by atoms with E-state index in [9.17, 15) is 14.0 Å². The van der Waals surface area contributed by atoms with Crippen LogP contribution in [0.4, 0.5) is 4.39 Å². The molecule has 0 saturated heterocycles. The van der Waals surface area contributed by atoms with E-state index >= 15 is 0 Å². The molecule has 37 heavy (non-hydrogen) atoms. The van der Waals surface area contributed by atoms with Crippen LogP contribution in [0.25, 0.3) is 11.0 Å². The summed E-state index contributed by atoms with van der Waals surface area (Å²) in [6.45, 7) is 2.83. The molecule has 0 fully saturated rings. The highest BCUT2D eigenvalue weighted by atomic mass is 19.1. The van der Waals surface area contributed by atoms with Gasteiger partial charge in [0, 0.05) is 0 Å². The van der Waals surface area contributed by atoms with Crippen LogP contribution in [0.5, 0.6) is 11.5 Å². The molecule has 8 heteroatoms. The highest BCUT2D eigenvalue weighted by Crippen LogP contribution is 2.41. The van der Waals surface area contributed by atoms with Crippen LogP contribution < -0.4 is 14.9 Å². The average molecular weight is 506 g/mol. The largest absolute Gasteiger partial charge is 0.493 e. The molecule has 2 aromatic heterocycles. The average Bonchev–Trinajstić information content (AvgIpc) is 3.51. The minimum atomic E-state index is -0.788. The number of rotatable bonds is 10. The number of carbonyl (C=O) groups excluding carboxylic acids is 1. The zero-order valence-electron chi connectivity index (χ0n) is 20.8. The lowest BCUT2D eigenvalue weighted by Crippen LogP contribution is -2.29. The van der Waals surface area contributed by atoms with Gasteiger partial charge in [0.05, 0.1) is 43.5 Å². The fourth-order valence-electron chi connectivity index (χ4n) is 4.76. The number of amides is 1. The van der Waals surface area contributed by atoms with Crippen molar-refractivity contribution in [3.05, 3.63) is 93.5 Å². The fourth-order valence-corrected chi connectivity index (χ4v) is 4.76. The molecule has 192 valence electrons. The van der Waals surface area contributed by atoms with Crippen molar-refractivity contribution in [3.8, 4) is 11.5 Å². The van der Waals surface area contributed by atoms with Crippen LogP contribution in [-0.4, -0.2) is 24.5 Å². The number of methoxy groups -OCH3 is 1. The maximum atomic E-state index is 14.0. The van der Waals surface area contributed by atoms with Gasteiger partial charge in [-0.1, -0.05) is 32.3 Å². The number of ether oxygens (including phenoxy) is 2. The topological polar surface area (TPSA) is 82.1 Å². The minimum Gasteiger partial charge on any atom is -0.493 e. The normalized spacial score (nSPS) is 14.8. The Hall–Kier alpha value is -4.07. The third-order valence-electron chi connectivity index (χ3n) is 6.59. The molecule has 2 aromatic carbocycles. The summed E-state index contributed by atoms with van der Waals surface area (Å²) in [5.74, 6) is 0.551. The zero-order valence-corrected chi connectivity index (χ0v) is 20.8. The minimum absolute atomic E-state index is 0.0594. The van der Waals surface area contributed by atoms with E-state index in [1.54, 1.807) is 37.4 Å². The molecule has 3 heterocycles. The summed E-state index contributed by atoms with van der Waals surface area (Å²) in [7, 11) is 1.54. The Morgan fingerprint density at radius 3 is 2.65 bits per heavy atom. The highest BCUT2D eigenvalue weighted by Gasteiger charge is 2.43. The molecule has 0 spiro atoms. The van der Waals surface area contributed by atoms with E-state index in [4.69, 9.17) is 18.3 Å². The van der Waals surface area contributed by atoms with Crippen molar-refractivity contribution in [1.82, 2.24) is 4.90 Å². The number of fused-ring (bicyclic) bond motifs is 2. The molecular formula is C29H28FNO6. The van der Waals surface area contributed by atoms with Gasteiger partial charge in [0.15, 0.2) is 16.9 Å². The van der Waals surface area contributed by atoms with E-state index in [-0.39, 0.29) is 28.8 Å². The fraction of sp³-hybridized carbons (Fsp3) is 0.310. The number of halogens is 1. The Morgan fingerprint density at radius 2 is 1.89 bits per heavy atom. The lowest BCUT2D eigenvalue weighted by atomic mass is 9.98. The first-order valence-electron chi connectivity index (χ1n) is 12.4. The van der Waals surface area contributed by atoms with Crippen molar-refractivity contribution in [2.24, 2.45) is 0 Å². The van der Waals surface area contributed by atoms with Crippen LogP contribution >= 0.6 is 0 Å². The summed E-state index contributed by atoms with van der Waals surface area (Å²) in [4.78, 5) is 28.7. The lowest BCUT2D eigenvalue weighted by molar-refractivity contribution is 0.0701. The van der Waals surface area contributed by atoms with E-state index in [0.29, 0.717) is 29.4 Å². The number of hydrogen-bond donors (Lipinski definition) is 0. The van der Waals surface area contributed by atoms with E-state index in [1.807, 2.05) is 0 Å². The van der Waals surface area contributed by atoms with Gasteiger partial charge in [-0.15, -0.1) is 0 Å². The second-order valence-corrected chi connectivity index (χ2v) is 9.05. The van der Waals surface area contributed by atoms with Crippen molar-refractivity contribution in [2.75, 3.05) is 13.7 Å². The summed E-state index contributed by atoms with van der Waals surface area (Å²) in [6.07, 6.45) is 5.84. The molecular weight excluding hydrogens is 477 g/mol. The molecule has 0 saturated carbocycles. The molecule has 7 nitrogen and oxygen atoms in total. The molecule has 1 aliphatic rings. The van der Waals surface area contributed by atoms with Crippen LogP contribution in [0.15, 0.2) is 68.4 Å². The first kappa shape index (κ1) is 24.6. The number of unbranched alkanes of at least 4 members (excludes halogenated alkanes) is 3. The molecule has 5 rings (SSSR count). The predicted octanol–water partition coefficient (Wildman–Crippen LogP) is 6.24. The zero-order chi connectivity index (χ0) is 25.9. The molecule has 0 aliphatic carbocycles. The van der Waals surface area contributed by atoms with Crippen molar-refractivity contribution < 1.29 is 27.5 Å². The van der Waals surface area contributed by atoms with Gasteiger partial charge in [-0.25, -0.2) is 4.39 Å². The SMILES string of the molecule is CCCCCCOc1ccc(C2c3c(oc4ccc(F)cc4c3=O)C(=O)N2Cc2ccco2)cc1OC. The maximum Gasteiger partial charge on any atom is 0.291 e. The second kappa shape index (κ2) is 10.5. The standard InChI is InChI=1S/C29H28FNO6/c1-3-4-5-6-13-36-23-11-9-18(15-24(23)34-2)26-25-27(32)21-16-19(30)10-12-22(21)37-28(25)29(33)31(26)17-20-8-7-14-35-20/h7-12,14-16,26H,3-6,13,17H2,1-2H3. The number of hydrogen-bond acceptors (Lipinski definition) is 6. The van der Waals surface area contributed by atoms with Crippen LogP contribution in [0, 0.1) is 5.82 Å². The van der Waals surface area contributed by atoms with Crippen LogP contribution in [0.1, 0.15) is 66.1 Å². The smallest absolute Gasteiger partial charge is 0.291 e. The molecule has 0 N–H and O–H groups in total. The first-order chi connectivity index (χ1) is 18.0. The summed E-state index contributed by atoms with van der Waals surface area (Å²) in [6, 6.07) is 11.7. The second-order valence-electron chi connectivity index (χ2n) is 9.05. The maximum absolute atomic E-state index is 14.0. The van der Waals surface area contributed by atoms with Gasteiger partial charge in [0.2, 0.25) is 5.76 Å². The van der Waals surface area contributed by atoms with Gasteiger partial charge in [-0.2, -0.15) is 0 Å². The Balaban J connectivity index is 1.58. The summed E-state index contributed by atoms with van der Waals surface area (Å²) >= 11 is 0. The monoisotopic (exact) mass is 505 g/mol. The number of furan rings is 1. The van der Waals surface area contributed by atoms with Gasteiger partial charge in [0.1, 0.15) is 17.2 Å². The Kier molecular flexibility index (Phi) is 6.99. The molecule has 1 atom stereocenters. The molecule has 1 unspecified atom stereocenters. The van der Waals surface area contributed by atoms with Gasteiger partial charge < -0.3 is 23.2 Å². The Bertz CT molecular complexity index is 1480. The predicted molar refractivity (Wildman–Crippen MR) is 135 cm³/mol. The third-order valence-corrected chi connectivity index (χ3v) is 6.59. The van der Waals surface area contributed by atoms with Crippen LogP contribution in [0.2, 0.25) is 0 Å². The van der Waals surface area contributed by atoms with E-state index in [2.05, 4.69) is 6.92 Å². The van der Waals surface area contributed by atoms with Gasteiger partial charge in [0.25, 0.3) is 5.91 Å². The van der Waals surface area contributed by atoms with Crippen molar-refractivity contribution in [3.63, 3.8) is 0 Å². The molecule has 4 aromatic rings. The third kappa shape index (κ3) is 4.71. The van der Waals surface area contributed by atoms with Crippen LogP contribution in [0.3, 0.4) is 0 Å². The number of nitrogens with zero attached hydrogens (tertiary/aromatic N) is 1. The highest BCUT2D eigenvalue weighted by molar-refractivity contribution is 5.99. The van der Waals surface area contributed by atoms with Crippen molar-refractivity contribution in [1.29, 1.82) is 0 Å². The van der Waals surface area contributed by atoms with E-state index in [0.717, 1.165) is 31.7 Å². The van der Waals surface area contributed by atoms with Crippen molar-refractivity contribution in [2.45, 2.75) is 45.2 Å². The Morgan fingerprint density at radius 1 is 1.03 bits per heavy atom. The van der Waals surface area contributed by atoms with Crippen molar-refractivity contribution >= 4 is 16.9 Å². The lowest BCUT2D eigenvalue weighted by Gasteiger charge is -2.25. The number of carbonyl (C=O) groups is 1. The van der Waals surface area contributed by atoms with Gasteiger partial charge in [-0.05, 0) is 54.4 Å². The summed E-state index contributed by atoms with van der Waals surface area (Å²) in [5.41, 5.74) is 0.495. The molecule has 0 bridgehead atoms. The van der Waals surface area contributed by atoms with E-state index in [1.165, 1.54) is 23.3 Å². The van der Waals surface area contributed by atoms with Gasteiger partial charge in [-0.3, -0.25) is 9.59 Å². The number of benzene rings is 2. The molecule has 1 aliphatic heterocycles. The summed E-state index contributed by atoms with van der Waals surface area (Å²) in [5, 5.41) is 0.0791. The molecule has 0 radical (unpaired) electrons.